The van der Waals surface area contributed by atoms with E-state index in [0.717, 1.165) is 0 Å². The quantitative estimate of drug-likeness (QED) is 0.382. The number of nitrogens with two attached hydrogens (primary N) is 1. The fourth-order valence-electron chi connectivity index (χ4n) is 3.39. The molecule has 0 radical (unpaired) electrons. The molecule has 4 rings (SSSR count). The molecule has 1 atom stereocenters. The molecular weight excluding hydrogens is 484 g/mol. The van der Waals surface area contributed by atoms with E-state index in [1.807, 2.05) is 0 Å². The van der Waals surface area contributed by atoms with Crippen molar-refractivity contribution in [1.29, 1.82) is 0 Å². The zero-order valence-corrected chi connectivity index (χ0v) is 19.8. The molecule has 0 aliphatic heterocycles. The third kappa shape index (κ3) is 4.92. The van der Waals surface area contributed by atoms with E-state index in [-0.39, 0.29) is 22.0 Å². The van der Waals surface area contributed by atoms with Crippen LogP contribution >= 0.6 is 22.9 Å². The highest BCUT2D eigenvalue weighted by atomic mass is 35.5. The lowest BCUT2D eigenvalue weighted by molar-refractivity contribution is 0.1000. The fourth-order valence-corrected chi connectivity index (χ4v) is 6.10. The number of aryl methyl sites for hydroxylation is 1. The second-order valence-corrected chi connectivity index (χ2v) is 10.3. The van der Waals surface area contributed by atoms with E-state index < -0.39 is 22.0 Å². The molecule has 0 spiro atoms. The molecule has 170 valence electrons. The average molecular weight is 503 g/mol. The molecular formula is C22H19ClN4O4S2. The maximum Gasteiger partial charge on any atom is 0.266 e. The molecule has 1 amide bonds. The molecule has 4 aromatic rings. The monoisotopic (exact) mass is 502 g/mol. The van der Waals surface area contributed by atoms with Crippen molar-refractivity contribution >= 4 is 44.0 Å². The highest BCUT2D eigenvalue weighted by Gasteiger charge is 2.35. The number of aromatic nitrogens is 2. The number of anilines is 1. The Balaban J connectivity index is 1.87. The van der Waals surface area contributed by atoms with Crippen molar-refractivity contribution in [2.75, 3.05) is 4.31 Å². The molecule has 2 aromatic carbocycles. The summed E-state index contributed by atoms with van der Waals surface area (Å²) >= 11 is 7.43. The summed E-state index contributed by atoms with van der Waals surface area (Å²) in [5, 5.41) is 6.36. The van der Waals surface area contributed by atoms with E-state index in [0.29, 0.717) is 22.0 Å². The predicted molar refractivity (Wildman–Crippen MR) is 126 cm³/mol. The molecule has 2 aromatic heterocycles. The lowest BCUT2D eigenvalue weighted by Crippen LogP contribution is -2.36. The zero-order valence-electron chi connectivity index (χ0n) is 17.4. The van der Waals surface area contributed by atoms with Gasteiger partial charge in [0.1, 0.15) is 5.76 Å². The van der Waals surface area contributed by atoms with Gasteiger partial charge in [-0.05, 0) is 48.9 Å². The summed E-state index contributed by atoms with van der Waals surface area (Å²) in [5.41, 5.74) is 6.84. The number of sulfonamides is 1. The summed E-state index contributed by atoms with van der Waals surface area (Å²) in [5.74, 6) is -0.133. The lowest BCUT2D eigenvalue weighted by atomic mass is 10.0. The molecule has 0 bridgehead atoms. The van der Waals surface area contributed by atoms with Crippen LogP contribution in [0.3, 0.4) is 0 Å². The molecule has 0 aliphatic carbocycles. The minimum atomic E-state index is -4.12. The van der Waals surface area contributed by atoms with Crippen molar-refractivity contribution in [1.82, 2.24) is 10.1 Å². The summed E-state index contributed by atoms with van der Waals surface area (Å²) in [6.07, 6.45) is 1.73. The van der Waals surface area contributed by atoms with Gasteiger partial charge in [0.25, 0.3) is 10.0 Å². The van der Waals surface area contributed by atoms with Crippen molar-refractivity contribution in [2.24, 2.45) is 5.73 Å². The summed E-state index contributed by atoms with van der Waals surface area (Å²) in [7, 11) is -4.12. The third-order valence-corrected chi connectivity index (χ3v) is 7.83. The summed E-state index contributed by atoms with van der Waals surface area (Å²) < 4.78 is 34.5. The zero-order chi connectivity index (χ0) is 23.6. The van der Waals surface area contributed by atoms with Crippen molar-refractivity contribution < 1.29 is 17.7 Å². The van der Waals surface area contributed by atoms with E-state index in [9.17, 15) is 13.2 Å². The number of hydrogen-bond donors (Lipinski definition) is 1. The molecule has 2 N–H and O–H groups in total. The maximum absolute atomic E-state index is 13.9. The SMILES string of the molecule is Cc1cc(CC(c2cccc(Cl)c2)N(c2nccs2)S(=O)(=O)c2ccc(C(N)=O)cc2)on1. The Kier molecular flexibility index (Phi) is 6.50. The minimum absolute atomic E-state index is 0.0107. The van der Waals surface area contributed by atoms with Crippen LogP contribution in [0.25, 0.3) is 0 Å². The van der Waals surface area contributed by atoms with Gasteiger partial charge in [-0.15, -0.1) is 11.3 Å². The molecule has 33 heavy (non-hydrogen) atoms. The highest BCUT2D eigenvalue weighted by molar-refractivity contribution is 7.93. The Morgan fingerprint density at radius 3 is 2.55 bits per heavy atom. The first-order valence-corrected chi connectivity index (χ1v) is 12.5. The molecule has 2 heterocycles. The second kappa shape index (κ2) is 9.34. The Morgan fingerprint density at radius 2 is 1.97 bits per heavy atom. The van der Waals surface area contributed by atoms with Gasteiger partial charge in [0.15, 0.2) is 5.13 Å². The van der Waals surface area contributed by atoms with E-state index in [2.05, 4.69) is 10.1 Å². The summed E-state index contributed by atoms with van der Waals surface area (Å²) in [6.45, 7) is 1.79. The molecule has 0 saturated heterocycles. The Hall–Kier alpha value is -3.21. The second-order valence-electron chi connectivity index (χ2n) is 7.21. The number of carbonyl (C=O) groups excluding carboxylic acids is 1. The van der Waals surface area contributed by atoms with Gasteiger partial charge in [0, 0.05) is 34.7 Å². The average Bonchev–Trinajstić information content (AvgIpc) is 3.45. The van der Waals surface area contributed by atoms with Crippen LogP contribution in [0.1, 0.15) is 33.4 Å². The smallest absolute Gasteiger partial charge is 0.266 e. The standard InChI is InChI=1S/C22H19ClN4O4S2/c1-14-11-18(31-26-14)13-20(16-3-2-4-17(23)12-16)27(22-25-9-10-32-22)33(29,30)19-7-5-15(6-8-19)21(24)28/h2-12,20H,13H2,1H3,(H2,24,28). The van der Waals surface area contributed by atoms with Gasteiger partial charge in [-0.3, -0.25) is 4.79 Å². The number of carbonyl (C=O) groups is 1. The highest BCUT2D eigenvalue weighted by Crippen LogP contribution is 2.37. The van der Waals surface area contributed by atoms with Crippen molar-refractivity contribution in [3.05, 3.63) is 93.8 Å². The Morgan fingerprint density at radius 1 is 1.21 bits per heavy atom. The molecule has 11 heteroatoms. The number of primary amides is 1. The van der Waals surface area contributed by atoms with Crippen molar-refractivity contribution in [2.45, 2.75) is 24.3 Å². The largest absolute Gasteiger partial charge is 0.366 e. The number of benzene rings is 2. The van der Waals surface area contributed by atoms with Gasteiger partial charge in [-0.25, -0.2) is 17.7 Å². The normalized spacial score (nSPS) is 12.4. The number of rotatable bonds is 8. The molecule has 0 fully saturated rings. The summed E-state index contributed by atoms with van der Waals surface area (Å²) in [4.78, 5) is 15.7. The third-order valence-electron chi connectivity index (χ3n) is 4.89. The molecule has 8 nitrogen and oxygen atoms in total. The first-order valence-electron chi connectivity index (χ1n) is 9.77. The number of thiazole rings is 1. The van der Waals surface area contributed by atoms with Gasteiger partial charge < -0.3 is 10.3 Å². The van der Waals surface area contributed by atoms with Crippen LogP contribution in [0.4, 0.5) is 5.13 Å². The van der Waals surface area contributed by atoms with Crippen LogP contribution in [0.2, 0.25) is 5.02 Å². The van der Waals surface area contributed by atoms with Gasteiger partial charge >= 0.3 is 0 Å². The topological polar surface area (TPSA) is 119 Å². The first-order chi connectivity index (χ1) is 15.8. The van der Waals surface area contributed by atoms with E-state index in [1.54, 1.807) is 42.6 Å². The lowest BCUT2D eigenvalue weighted by Gasteiger charge is -2.30. The first kappa shape index (κ1) is 23.0. The van der Waals surface area contributed by atoms with Crippen molar-refractivity contribution in [3.8, 4) is 0 Å². The number of nitrogens with zero attached hydrogens (tertiary/aromatic N) is 3. The number of halogens is 1. The van der Waals surface area contributed by atoms with Gasteiger partial charge in [0.05, 0.1) is 16.6 Å². The maximum atomic E-state index is 13.9. The van der Waals surface area contributed by atoms with E-state index in [4.69, 9.17) is 21.9 Å². The Labute approximate surface area is 199 Å². The molecule has 0 aliphatic rings. The fraction of sp³-hybridized carbons (Fsp3) is 0.136. The summed E-state index contributed by atoms with van der Waals surface area (Å²) in [6, 6.07) is 13.5. The molecule has 1 unspecified atom stereocenters. The van der Waals surface area contributed by atoms with E-state index >= 15 is 0 Å². The molecule has 0 saturated carbocycles. The Bertz CT molecular complexity index is 1370. The van der Waals surface area contributed by atoms with Gasteiger partial charge in [0.2, 0.25) is 5.91 Å². The van der Waals surface area contributed by atoms with Crippen LogP contribution in [0.5, 0.6) is 0 Å². The minimum Gasteiger partial charge on any atom is -0.366 e. The number of amides is 1. The number of hydrogen-bond acceptors (Lipinski definition) is 7. The van der Waals surface area contributed by atoms with Crippen LogP contribution in [-0.2, 0) is 16.4 Å². The van der Waals surface area contributed by atoms with Crippen LogP contribution < -0.4 is 10.0 Å². The van der Waals surface area contributed by atoms with E-state index in [1.165, 1.54) is 46.1 Å². The van der Waals surface area contributed by atoms with Gasteiger partial charge in [-0.2, -0.15) is 0 Å². The van der Waals surface area contributed by atoms with Crippen LogP contribution in [0.15, 0.2) is 75.6 Å². The van der Waals surface area contributed by atoms with Crippen LogP contribution in [-0.4, -0.2) is 24.5 Å². The predicted octanol–water partition coefficient (Wildman–Crippen LogP) is 4.37. The van der Waals surface area contributed by atoms with Crippen molar-refractivity contribution in [3.63, 3.8) is 0 Å². The van der Waals surface area contributed by atoms with Gasteiger partial charge in [-0.1, -0.05) is 28.9 Å². The van der Waals surface area contributed by atoms with Crippen LogP contribution in [0, 0.1) is 6.92 Å².